The molecule has 1 atom stereocenters. The van der Waals surface area contributed by atoms with E-state index in [1.165, 1.54) is 0 Å². The molecular formula is C14H22Cl2N2. The van der Waals surface area contributed by atoms with Crippen molar-refractivity contribution in [3.63, 3.8) is 0 Å². The number of hydrogen-bond donors (Lipinski definition) is 1. The van der Waals surface area contributed by atoms with E-state index in [0.717, 1.165) is 31.5 Å². The van der Waals surface area contributed by atoms with Crippen LogP contribution in [0.15, 0.2) is 18.2 Å². The van der Waals surface area contributed by atoms with Gasteiger partial charge in [0, 0.05) is 12.6 Å². The molecule has 18 heavy (non-hydrogen) atoms. The molecule has 0 heterocycles. The van der Waals surface area contributed by atoms with Crippen LogP contribution in [0.2, 0.25) is 10.0 Å². The SMILES string of the molecule is CCCN(CCC)C(CN)c1cccc(Cl)c1Cl. The number of halogens is 2. The van der Waals surface area contributed by atoms with Gasteiger partial charge in [-0.1, -0.05) is 49.2 Å². The second kappa shape index (κ2) is 8.00. The molecule has 102 valence electrons. The first-order chi connectivity index (χ1) is 8.65. The monoisotopic (exact) mass is 288 g/mol. The molecule has 1 aromatic carbocycles. The van der Waals surface area contributed by atoms with Crippen molar-refractivity contribution in [1.82, 2.24) is 4.90 Å². The van der Waals surface area contributed by atoms with Crippen molar-refractivity contribution in [1.29, 1.82) is 0 Å². The Kier molecular flexibility index (Phi) is 7.02. The predicted octanol–water partition coefficient (Wildman–Crippen LogP) is 4.12. The summed E-state index contributed by atoms with van der Waals surface area (Å²) in [5.74, 6) is 0. The molecule has 0 aliphatic rings. The molecule has 0 fully saturated rings. The summed E-state index contributed by atoms with van der Waals surface area (Å²) in [6.07, 6.45) is 2.21. The molecule has 0 bridgehead atoms. The third-order valence-electron chi connectivity index (χ3n) is 3.03. The number of rotatable bonds is 7. The average molecular weight is 289 g/mol. The van der Waals surface area contributed by atoms with Gasteiger partial charge in [-0.05, 0) is 37.6 Å². The highest BCUT2D eigenvalue weighted by Crippen LogP contribution is 2.32. The predicted molar refractivity (Wildman–Crippen MR) is 80.4 cm³/mol. The summed E-state index contributed by atoms with van der Waals surface area (Å²) in [5.41, 5.74) is 6.98. The molecule has 0 aliphatic heterocycles. The van der Waals surface area contributed by atoms with Crippen LogP contribution in [0, 0.1) is 0 Å². The van der Waals surface area contributed by atoms with Crippen LogP contribution < -0.4 is 5.73 Å². The zero-order chi connectivity index (χ0) is 13.5. The van der Waals surface area contributed by atoms with Gasteiger partial charge < -0.3 is 5.73 Å². The number of hydrogen-bond acceptors (Lipinski definition) is 2. The van der Waals surface area contributed by atoms with E-state index in [9.17, 15) is 0 Å². The Morgan fingerprint density at radius 1 is 1.17 bits per heavy atom. The van der Waals surface area contributed by atoms with Crippen molar-refractivity contribution in [3.05, 3.63) is 33.8 Å². The normalized spacial score (nSPS) is 13.0. The van der Waals surface area contributed by atoms with Crippen LogP contribution in [0.25, 0.3) is 0 Å². The molecule has 0 saturated heterocycles. The van der Waals surface area contributed by atoms with E-state index in [0.29, 0.717) is 16.6 Å². The molecule has 4 heteroatoms. The van der Waals surface area contributed by atoms with Crippen molar-refractivity contribution in [3.8, 4) is 0 Å². The molecule has 2 nitrogen and oxygen atoms in total. The zero-order valence-electron chi connectivity index (χ0n) is 11.1. The molecular weight excluding hydrogens is 267 g/mol. The Morgan fingerprint density at radius 3 is 2.28 bits per heavy atom. The Balaban J connectivity index is 3.02. The molecule has 2 N–H and O–H groups in total. The highest BCUT2D eigenvalue weighted by molar-refractivity contribution is 6.42. The molecule has 0 spiro atoms. The topological polar surface area (TPSA) is 29.3 Å². The molecule has 1 aromatic rings. The lowest BCUT2D eigenvalue weighted by Crippen LogP contribution is -2.35. The maximum atomic E-state index is 6.30. The van der Waals surface area contributed by atoms with Gasteiger partial charge in [-0.3, -0.25) is 4.90 Å². The first-order valence-corrected chi connectivity index (χ1v) is 7.29. The zero-order valence-corrected chi connectivity index (χ0v) is 12.6. The van der Waals surface area contributed by atoms with Crippen LogP contribution in [0.1, 0.15) is 38.3 Å². The van der Waals surface area contributed by atoms with E-state index < -0.39 is 0 Å². The Labute approximate surface area is 120 Å². The fraction of sp³-hybridized carbons (Fsp3) is 0.571. The van der Waals surface area contributed by atoms with E-state index in [1.54, 1.807) is 0 Å². The fourth-order valence-corrected chi connectivity index (χ4v) is 2.68. The summed E-state index contributed by atoms with van der Waals surface area (Å²) >= 11 is 12.4. The van der Waals surface area contributed by atoms with Gasteiger partial charge in [0.25, 0.3) is 0 Å². The second-order valence-corrected chi connectivity index (χ2v) is 5.22. The van der Waals surface area contributed by atoms with Crippen molar-refractivity contribution < 1.29 is 0 Å². The van der Waals surface area contributed by atoms with E-state index >= 15 is 0 Å². The molecule has 0 aromatic heterocycles. The minimum absolute atomic E-state index is 0.149. The molecule has 1 unspecified atom stereocenters. The van der Waals surface area contributed by atoms with Gasteiger partial charge >= 0.3 is 0 Å². The first-order valence-electron chi connectivity index (χ1n) is 6.53. The van der Waals surface area contributed by atoms with Crippen LogP contribution in [-0.2, 0) is 0 Å². The smallest absolute Gasteiger partial charge is 0.0640 e. The standard InChI is InChI=1S/C14H22Cl2N2/c1-3-8-18(9-4-2)13(10-17)11-6-5-7-12(15)14(11)16/h5-7,13H,3-4,8-10,17H2,1-2H3. The quantitative estimate of drug-likeness (QED) is 0.818. The molecule has 1 rings (SSSR count). The lowest BCUT2D eigenvalue weighted by Gasteiger charge is -2.31. The summed E-state index contributed by atoms with van der Waals surface area (Å²) in [6.45, 7) is 6.96. The third-order valence-corrected chi connectivity index (χ3v) is 3.86. The van der Waals surface area contributed by atoms with Gasteiger partial charge in [-0.2, -0.15) is 0 Å². The third kappa shape index (κ3) is 3.86. The van der Waals surface area contributed by atoms with Crippen molar-refractivity contribution in [2.75, 3.05) is 19.6 Å². The van der Waals surface area contributed by atoms with E-state index in [-0.39, 0.29) is 6.04 Å². The maximum Gasteiger partial charge on any atom is 0.0640 e. The van der Waals surface area contributed by atoms with E-state index in [4.69, 9.17) is 28.9 Å². The largest absolute Gasteiger partial charge is 0.329 e. The number of nitrogens with two attached hydrogens (primary N) is 1. The minimum Gasteiger partial charge on any atom is -0.329 e. The van der Waals surface area contributed by atoms with Gasteiger partial charge in [0.15, 0.2) is 0 Å². The van der Waals surface area contributed by atoms with Crippen LogP contribution in [0.3, 0.4) is 0 Å². The minimum atomic E-state index is 0.149. The van der Waals surface area contributed by atoms with Crippen molar-refractivity contribution >= 4 is 23.2 Å². The molecule has 0 saturated carbocycles. The number of nitrogens with zero attached hydrogens (tertiary/aromatic N) is 1. The van der Waals surface area contributed by atoms with Crippen LogP contribution in [0.5, 0.6) is 0 Å². The fourth-order valence-electron chi connectivity index (χ4n) is 2.25. The van der Waals surface area contributed by atoms with Crippen molar-refractivity contribution in [2.45, 2.75) is 32.7 Å². The van der Waals surface area contributed by atoms with Gasteiger partial charge in [-0.15, -0.1) is 0 Å². The van der Waals surface area contributed by atoms with E-state index in [1.807, 2.05) is 18.2 Å². The first kappa shape index (κ1) is 15.8. The lowest BCUT2D eigenvalue weighted by atomic mass is 10.0. The van der Waals surface area contributed by atoms with Crippen LogP contribution >= 0.6 is 23.2 Å². The Morgan fingerprint density at radius 2 is 1.78 bits per heavy atom. The highest BCUT2D eigenvalue weighted by atomic mass is 35.5. The Bertz CT molecular complexity index is 363. The van der Waals surface area contributed by atoms with Crippen molar-refractivity contribution in [2.24, 2.45) is 5.73 Å². The maximum absolute atomic E-state index is 6.30. The number of benzene rings is 1. The average Bonchev–Trinajstić information content (AvgIpc) is 2.36. The van der Waals surface area contributed by atoms with Gasteiger partial charge in [0.2, 0.25) is 0 Å². The van der Waals surface area contributed by atoms with Crippen LogP contribution in [0.4, 0.5) is 0 Å². The van der Waals surface area contributed by atoms with Gasteiger partial charge in [0.1, 0.15) is 0 Å². The lowest BCUT2D eigenvalue weighted by molar-refractivity contribution is 0.202. The molecule has 0 radical (unpaired) electrons. The molecule has 0 aliphatic carbocycles. The summed E-state index contributed by atoms with van der Waals surface area (Å²) < 4.78 is 0. The summed E-state index contributed by atoms with van der Waals surface area (Å²) in [6, 6.07) is 5.91. The van der Waals surface area contributed by atoms with E-state index in [2.05, 4.69) is 18.7 Å². The molecule has 0 amide bonds. The van der Waals surface area contributed by atoms with Crippen LogP contribution in [-0.4, -0.2) is 24.5 Å². The summed E-state index contributed by atoms with van der Waals surface area (Å²) in [4.78, 5) is 2.39. The second-order valence-electron chi connectivity index (χ2n) is 4.43. The summed E-state index contributed by atoms with van der Waals surface area (Å²) in [5, 5.41) is 1.23. The highest BCUT2D eigenvalue weighted by Gasteiger charge is 2.20. The Hall–Kier alpha value is -0.280. The van der Waals surface area contributed by atoms with Gasteiger partial charge in [0.05, 0.1) is 10.0 Å². The van der Waals surface area contributed by atoms with Gasteiger partial charge in [-0.25, -0.2) is 0 Å². The summed E-state index contributed by atoms with van der Waals surface area (Å²) in [7, 11) is 0.